The van der Waals surface area contributed by atoms with Crippen molar-refractivity contribution in [3.05, 3.63) is 65.5 Å². The molecule has 2 aromatic carbocycles. The molecule has 0 aliphatic carbocycles. The smallest absolute Gasteiger partial charge is 0.465 e. The summed E-state index contributed by atoms with van der Waals surface area (Å²) in [7, 11) is 0. The summed E-state index contributed by atoms with van der Waals surface area (Å²) in [4.78, 5) is 12.8. The molecule has 1 aromatic heterocycles. The summed E-state index contributed by atoms with van der Waals surface area (Å²) in [5.41, 5.74) is 0.518. The van der Waals surface area contributed by atoms with Gasteiger partial charge in [0.15, 0.2) is 0 Å². The average molecular weight is 530 g/mol. The highest BCUT2D eigenvalue weighted by Gasteiger charge is 2.39. The molecule has 0 radical (unpaired) electrons. The molecule has 2 heterocycles. The van der Waals surface area contributed by atoms with Crippen LogP contribution >= 0.6 is 0 Å². The average Bonchev–Trinajstić information content (AvgIpc) is 3.34. The molecule has 37 heavy (non-hydrogen) atoms. The quantitative estimate of drug-likeness (QED) is 0.460. The maximum Gasteiger partial charge on any atom is 0.573 e. The SMILES string of the molecule is O=C(O)N1CC[C@H](NCc2cc(-n3nnnc3C(F)(F)F)ccc2OC(F)(F)F)[C@H](c2ccccc2)C1. The number of rotatable bonds is 6. The lowest BCUT2D eigenvalue weighted by Crippen LogP contribution is -2.49. The van der Waals surface area contributed by atoms with Gasteiger partial charge in [-0.25, -0.2) is 4.79 Å². The van der Waals surface area contributed by atoms with Crippen LogP contribution in [0.3, 0.4) is 0 Å². The van der Waals surface area contributed by atoms with Crippen LogP contribution in [0.2, 0.25) is 0 Å². The van der Waals surface area contributed by atoms with Crippen molar-refractivity contribution in [3.63, 3.8) is 0 Å². The molecule has 1 fully saturated rings. The van der Waals surface area contributed by atoms with Gasteiger partial charge in [0, 0.05) is 37.2 Å². The number of likely N-dealkylation sites (tertiary alicyclic amines) is 1. The van der Waals surface area contributed by atoms with Gasteiger partial charge in [-0.15, -0.1) is 18.3 Å². The minimum absolute atomic E-state index is 0.0917. The lowest BCUT2D eigenvalue weighted by Gasteiger charge is -2.38. The van der Waals surface area contributed by atoms with Crippen molar-refractivity contribution in [2.24, 2.45) is 0 Å². The molecule has 0 spiro atoms. The van der Waals surface area contributed by atoms with Crippen LogP contribution in [0, 0.1) is 0 Å². The summed E-state index contributed by atoms with van der Waals surface area (Å²) < 4.78 is 83.3. The second kappa shape index (κ2) is 10.2. The van der Waals surface area contributed by atoms with E-state index in [4.69, 9.17) is 0 Å². The normalized spacial score (nSPS) is 18.6. The molecule has 0 unspecified atom stereocenters. The molecule has 1 amide bonds. The number of piperidine rings is 1. The van der Waals surface area contributed by atoms with E-state index in [1.807, 2.05) is 12.1 Å². The topological polar surface area (TPSA) is 105 Å². The second-order valence-electron chi connectivity index (χ2n) is 8.27. The number of tetrazole rings is 1. The molecule has 9 nitrogen and oxygen atoms in total. The van der Waals surface area contributed by atoms with Crippen LogP contribution in [0.1, 0.15) is 29.3 Å². The molecule has 1 aliphatic rings. The maximum absolute atomic E-state index is 13.3. The minimum atomic E-state index is -5.04. The molecule has 2 N–H and O–H groups in total. The number of nitrogens with zero attached hydrogens (tertiary/aromatic N) is 5. The number of carbonyl (C=O) groups is 1. The van der Waals surface area contributed by atoms with Gasteiger partial charge in [0.25, 0.3) is 5.82 Å². The summed E-state index contributed by atoms with van der Waals surface area (Å²) in [6.07, 6.45) is -10.7. The number of nitrogens with one attached hydrogen (secondary N) is 1. The first-order chi connectivity index (χ1) is 17.4. The summed E-state index contributed by atoms with van der Waals surface area (Å²) in [5.74, 6) is -2.37. The van der Waals surface area contributed by atoms with E-state index in [0.717, 1.165) is 23.8 Å². The Morgan fingerprint density at radius 3 is 2.49 bits per heavy atom. The Labute approximate surface area is 205 Å². The zero-order chi connectivity index (χ0) is 26.8. The standard InChI is InChI=1S/C22H20F6N6O3/c23-21(24,25)19-30-31-32-34(19)15-6-7-18(37-22(26,27)28)14(10-15)11-29-17-8-9-33(20(35)36)12-16(17)13-4-2-1-3-5-13/h1-7,10,16-17,29H,8-9,11-12H2,(H,35,36)/t16-,17-/m0/s1. The molecule has 0 saturated carbocycles. The first-order valence-electron chi connectivity index (χ1n) is 10.9. The first kappa shape index (κ1) is 26.2. The Morgan fingerprint density at radius 1 is 1.11 bits per heavy atom. The lowest BCUT2D eigenvalue weighted by atomic mass is 9.86. The number of halogens is 6. The van der Waals surface area contributed by atoms with E-state index in [1.165, 1.54) is 4.90 Å². The molecule has 1 aliphatic heterocycles. The highest BCUT2D eigenvalue weighted by Crippen LogP contribution is 2.33. The number of amides is 1. The van der Waals surface area contributed by atoms with E-state index in [0.29, 0.717) is 11.1 Å². The molecule has 2 atom stereocenters. The van der Waals surface area contributed by atoms with E-state index in [2.05, 4.69) is 25.6 Å². The van der Waals surface area contributed by atoms with Crippen LogP contribution in [0.15, 0.2) is 48.5 Å². The highest BCUT2D eigenvalue weighted by atomic mass is 19.4. The van der Waals surface area contributed by atoms with Gasteiger partial charge < -0.3 is 20.1 Å². The van der Waals surface area contributed by atoms with Gasteiger partial charge in [-0.1, -0.05) is 30.3 Å². The van der Waals surface area contributed by atoms with Crippen molar-refractivity contribution in [1.29, 1.82) is 0 Å². The summed E-state index contributed by atoms with van der Waals surface area (Å²) in [5, 5.41) is 21.9. The fraction of sp³-hybridized carbons (Fsp3) is 0.364. The number of hydrogen-bond donors (Lipinski definition) is 2. The third kappa shape index (κ3) is 6.28. The highest BCUT2D eigenvalue weighted by molar-refractivity contribution is 5.65. The molecule has 198 valence electrons. The number of hydrogen-bond acceptors (Lipinski definition) is 6. The van der Waals surface area contributed by atoms with Crippen LogP contribution in [0.4, 0.5) is 31.1 Å². The molecule has 15 heteroatoms. The van der Waals surface area contributed by atoms with Crippen molar-refractivity contribution in [1.82, 2.24) is 30.4 Å². The number of alkyl halides is 6. The van der Waals surface area contributed by atoms with Gasteiger partial charge in [-0.3, -0.25) is 0 Å². The fourth-order valence-electron chi connectivity index (χ4n) is 4.25. The number of carboxylic acid groups (broad SMARTS) is 1. The van der Waals surface area contributed by atoms with E-state index in [-0.39, 0.29) is 42.8 Å². The van der Waals surface area contributed by atoms with Crippen LogP contribution < -0.4 is 10.1 Å². The zero-order valence-corrected chi connectivity index (χ0v) is 18.9. The number of benzene rings is 2. The van der Waals surface area contributed by atoms with Gasteiger partial charge >= 0.3 is 18.6 Å². The van der Waals surface area contributed by atoms with E-state index >= 15 is 0 Å². The van der Waals surface area contributed by atoms with Crippen LogP contribution in [-0.2, 0) is 12.7 Å². The van der Waals surface area contributed by atoms with Crippen molar-refractivity contribution in [2.45, 2.75) is 37.5 Å². The van der Waals surface area contributed by atoms with Gasteiger partial charge in [0.2, 0.25) is 0 Å². The maximum atomic E-state index is 13.3. The molecule has 0 bridgehead atoms. The van der Waals surface area contributed by atoms with Crippen molar-refractivity contribution in [3.8, 4) is 11.4 Å². The van der Waals surface area contributed by atoms with Crippen molar-refractivity contribution in [2.75, 3.05) is 13.1 Å². The Bertz CT molecular complexity index is 1230. The van der Waals surface area contributed by atoms with Gasteiger partial charge in [-0.2, -0.15) is 17.9 Å². The zero-order valence-electron chi connectivity index (χ0n) is 18.9. The molecule has 3 aromatic rings. The summed E-state index contributed by atoms with van der Waals surface area (Å²) >= 11 is 0. The predicted molar refractivity (Wildman–Crippen MR) is 115 cm³/mol. The van der Waals surface area contributed by atoms with E-state index in [1.54, 1.807) is 18.2 Å². The predicted octanol–water partition coefficient (Wildman–Crippen LogP) is 4.21. The lowest BCUT2D eigenvalue weighted by molar-refractivity contribution is -0.274. The number of aromatic nitrogens is 4. The van der Waals surface area contributed by atoms with E-state index in [9.17, 15) is 36.2 Å². The van der Waals surface area contributed by atoms with E-state index < -0.39 is 30.2 Å². The van der Waals surface area contributed by atoms with Crippen molar-refractivity contribution >= 4 is 6.09 Å². The Morgan fingerprint density at radius 2 is 1.84 bits per heavy atom. The second-order valence-corrected chi connectivity index (χ2v) is 8.27. The summed E-state index contributed by atoms with van der Waals surface area (Å²) in [6.45, 7) is 0.133. The number of ether oxygens (including phenoxy) is 1. The van der Waals surface area contributed by atoms with Crippen LogP contribution in [0.25, 0.3) is 5.69 Å². The monoisotopic (exact) mass is 530 g/mol. The largest absolute Gasteiger partial charge is 0.573 e. The van der Waals surface area contributed by atoms with Gasteiger partial charge in [0.1, 0.15) is 5.75 Å². The van der Waals surface area contributed by atoms with Crippen LogP contribution in [0.5, 0.6) is 5.75 Å². The molecular weight excluding hydrogens is 510 g/mol. The minimum Gasteiger partial charge on any atom is -0.465 e. The third-order valence-electron chi connectivity index (χ3n) is 5.90. The van der Waals surface area contributed by atoms with Crippen molar-refractivity contribution < 1.29 is 41.0 Å². The fourth-order valence-corrected chi connectivity index (χ4v) is 4.25. The molecule has 1 saturated heterocycles. The Kier molecular flexibility index (Phi) is 7.25. The van der Waals surface area contributed by atoms with Gasteiger partial charge in [0.05, 0.1) is 5.69 Å². The third-order valence-corrected chi connectivity index (χ3v) is 5.90. The summed E-state index contributed by atoms with van der Waals surface area (Å²) in [6, 6.07) is 11.6. The molecular formula is C22H20F6N6O3. The Hall–Kier alpha value is -3.88. The van der Waals surface area contributed by atoms with Gasteiger partial charge in [-0.05, 0) is 40.6 Å². The Balaban J connectivity index is 1.63. The first-order valence-corrected chi connectivity index (χ1v) is 10.9. The van der Waals surface area contributed by atoms with Crippen LogP contribution in [-0.4, -0.2) is 61.8 Å². The molecule has 4 rings (SSSR count).